The number of ether oxygens (including phenoxy) is 3. The van der Waals surface area contributed by atoms with Crippen LogP contribution in [0.15, 0.2) is 69.6 Å². The molecule has 7 nitrogen and oxygen atoms in total. The van der Waals surface area contributed by atoms with Gasteiger partial charge in [-0.1, -0.05) is 59.3 Å². The van der Waals surface area contributed by atoms with E-state index >= 15 is 0 Å². The number of para-hydroxylation sites is 1. The van der Waals surface area contributed by atoms with Gasteiger partial charge in [-0.15, -0.1) is 0 Å². The van der Waals surface area contributed by atoms with E-state index in [4.69, 9.17) is 25.8 Å². The minimum atomic E-state index is -0.768. The molecule has 0 bridgehead atoms. The summed E-state index contributed by atoms with van der Waals surface area (Å²) in [5.74, 6) is -0.0142. The van der Waals surface area contributed by atoms with Crippen LogP contribution in [0.3, 0.4) is 0 Å². The molecule has 34 heavy (non-hydrogen) atoms. The van der Waals surface area contributed by atoms with Gasteiger partial charge in [0, 0.05) is 17.7 Å². The number of thiazole rings is 1. The third kappa shape index (κ3) is 4.57. The number of nitrogens with zero attached hydrogens (tertiary/aromatic N) is 2. The van der Waals surface area contributed by atoms with Crippen LogP contribution in [0.1, 0.15) is 24.1 Å². The Morgan fingerprint density at radius 3 is 2.62 bits per heavy atom. The third-order valence-electron chi connectivity index (χ3n) is 5.39. The highest BCUT2D eigenvalue weighted by atomic mass is 35.5. The van der Waals surface area contributed by atoms with Gasteiger partial charge in [0.1, 0.15) is 18.4 Å². The molecule has 1 aliphatic heterocycles. The lowest BCUT2D eigenvalue weighted by Gasteiger charge is -2.26. The Balaban J connectivity index is 1.94. The number of fused-ring (bicyclic) bond motifs is 1. The highest BCUT2D eigenvalue weighted by Crippen LogP contribution is 2.35. The largest absolute Gasteiger partial charge is 0.496 e. The molecule has 3 aromatic rings. The molecule has 0 saturated heterocycles. The van der Waals surface area contributed by atoms with E-state index in [1.165, 1.54) is 23.0 Å². The van der Waals surface area contributed by atoms with Crippen LogP contribution < -0.4 is 19.6 Å². The summed E-state index contributed by atoms with van der Waals surface area (Å²) in [6.07, 6.45) is 1.74. The van der Waals surface area contributed by atoms with Crippen molar-refractivity contribution in [3.8, 4) is 5.75 Å². The number of carbonyl (C=O) groups is 1. The smallest absolute Gasteiger partial charge is 0.338 e. The fourth-order valence-electron chi connectivity index (χ4n) is 3.80. The average Bonchev–Trinajstić information content (AvgIpc) is 3.14. The Bertz CT molecular complexity index is 1440. The van der Waals surface area contributed by atoms with Gasteiger partial charge in [0.2, 0.25) is 0 Å². The second kappa shape index (κ2) is 10.4. The number of allylic oxidation sites excluding steroid dienone is 1. The van der Waals surface area contributed by atoms with Crippen molar-refractivity contribution in [1.82, 2.24) is 4.57 Å². The molecular formula is C25H23ClN2O5S. The van der Waals surface area contributed by atoms with Gasteiger partial charge in [0.25, 0.3) is 5.56 Å². The minimum Gasteiger partial charge on any atom is -0.496 e. The number of halogens is 1. The van der Waals surface area contributed by atoms with Crippen molar-refractivity contribution in [3.63, 3.8) is 0 Å². The van der Waals surface area contributed by atoms with E-state index < -0.39 is 12.0 Å². The first-order valence-electron chi connectivity index (χ1n) is 10.5. The van der Waals surface area contributed by atoms with E-state index in [1.807, 2.05) is 36.4 Å². The van der Waals surface area contributed by atoms with Crippen LogP contribution in [0, 0.1) is 0 Å². The number of aromatic nitrogens is 1. The quantitative estimate of drug-likeness (QED) is 0.369. The predicted molar refractivity (Wildman–Crippen MR) is 131 cm³/mol. The number of hydrogen-bond acceptors (Lipinski definition) is 7. The maximum atomic E-state index is 13.7. The zero-order chi connectivity index (χ0) is 24.2. The van der Waals surface area contributed by atoms with E-state index in [1.54, 1.807) is 32.2 Å². The van der Waals surface area contributed by atoms with Crippen molar-refractivity contribution >= 4 is 35.0 Å². The molecule has 0 saturated carbocycles. The fraction of sp³-hybridized carbons (Fsp3) is 0.240. The molecule has 176 valence electrons. The molecule has 0 radical (unpaired) electrons. The predicted octanol–water partition coefficient (Wildman–Crippen LogP) is 3.09. The van der Waals surface area contributed by atoms with Gasteiger partial charge in [0.15, 0.2) is 4.80 Å². The summed E-state index contributed by atoms with van der Waals surface area (Å²) in [6, 6.07) is 13.8. The summed E-state index contributed by atoms with van der Waals surface area (Å²) in [4.78, 5) is 31.9. The maximum Gasteiger partial charge on any atom is 0.338 e. The Kier molecular flexibility index (Phi) is 7.31. The molecule has 9 heteroatoms. The summed E-state index contributed by atoms with van der Waals surface area (Å²) < 4.78 is 18.0. The van der Waals surface area contributed by atoms with Crippen LogP contribution in [-0.2, 0) is 14.3 Å². The van der Waals surface area contributed by atoms with E-state index in [2.05, 4.69) is 4.99 Å². The van der Waals surface area contributed by atoms with Crippen molar-refractivity contribution < 1.29 is 19.0 Å². The van der Waals surface area contributed by atoms with Gasteiger partial charge in [0.05, 0.1) is 29.5 Å². The molecular weight excluding hydrogens is 476 g/mol. The Morgan fingerprint density at radius 2 is 1.88 bits per heavy atom. The van der Waals surface area contributed by atoms with Gasteiger partial charge in [-0.05, 0) is 30.7 Å². The van der Waals surface area contributed by atoms with Crippen LogP contribution in [0.4, 0.5) is 0 Å². The summed E-state index contributed by atoms with van der Waals surface area (Å²) in [5, 5.41) is 0.535. The molecule has 0 amide bonds. The lowest BCUT2D eigenvalue weighted by molar-refractivity contribution is -0.140. The molecule has 0 spiro atoms. The first-order chi connectivity index (χ1) is 16.5. The van der Waals surface area contributed by atoms with Gasteiger partial charge in [-0.2, -0.15) is 0 Å². The van der Waals surface area contributed by atoms with Crippen molar-refractivity contribution in [2.45, 2.75) is 13.0 Å². The Hall–Kier alpha value is -3.20. The molecule has 1 atom stereocenters. The van der Waals surface area contributed by atoms with E-state index in [0.29, 0.717) is 31.4 Å². The molecule has 1 aromatic heterocycles. The number of carbonyl (C=O) groups excluding carboxylic acids is 1. The second-order valence-corrected chi connectivity index (χ2v) is 8.89. The third-order valence-corrected chi connectivity index (χ3v) is 6.71. The molecule has 0 N–H and O–H groups in total. The monoisotopic (exact) mass is 498 g/mol. The molecule has 4 rings (SSSR count). The lowest BCUT2D eigenvalue weighted by atomic mass is 9.95. The molecule has 0 fully saturated rings. The molecule has 0 aliphatic carbocycles. The summed E-state index contributed by atoms with van der Waals surface area (Å²) in [6.45, 7) is 2.08. The maximum absolute atomic E-state index is 13.7. The highest BCUT2D eigenvalue weighted by molar-refractivity contribution is 7.07. The first kappa shape index (κ1) is 23.9. The van der Waals surface area contributed by atoms with Crippen molar-refractivity contribution in [1.29, 1.82) is 0 Å². The zero-order valence-corrected chi connectivity index (χ0v) is 20.5. The lowest BCUT2D eigenvalue weighted by Crippen LogP contribution is -2.40. The molecule has 1 aliphatic rings. The van der Waals surface area contributed by atoms with Gasteiger partial charge in [-0.3, -0.25) is 9.36 Å². The minimum absolute atomic E-state index is 0.0850. The van der Waals surface area contributed by atoms with Gasteiger partial charge < -0.3 is 14.2 Å². The second-order valence-electron chi connectivity index (χ2n) is 7.47. The number of methoxy groups -OCH3 is 2. The van der Waals surface area contributed by atoms with Crippen LogP contribution in [-0.4, -0.2) is 38.0 Å². The Morgan fingerprint density at radius 1 is 1.15 bits per heavy atom. The van der Waals surface area contributed by atoms with Crippen molar-refractivity contribution in [2.75, 3.05) is 27.4 Å². The fourth-order valence-corrected chi connectivity index (χ4v) is 5.03. The van der Waals surface area contributed by atoms with Crippen molar-refractivity contribution in [3.05, 3.63) is 95.6 Å². The average molecular weight is 499 g/mol. The number of hydrogen-bond donors (Lipinski definition) is 0. The Labute approximate surface area is 205 Å². The van der Waals surface area contributed by atoms with E-state index in [9.17, 15) is 9.59 Å². The van der Waals surface area contributed by atoms with Crippen LogP contribution in [0.25, 0.3) is 6.08 Å². The standard InChI is InChI=1S/C25H23ClN2O5S/c1-15-21(24(30)33-13-12-31-2)22(17-9-5-7-11-19(17)32-3)28-23(29)20(34-25(28)27-15)14-16-8-4-6-10-18(16)26/h4-11,14,22H,12-13H2,1-3H3/b20-14-/t22-/m1/s1. The van der Waals surface area contributed by atoms with Crippen LogP contribution in [0.2, 0.25) is 5.02 Å². The summed E-state index contributed by atoms with van der Waals surface area (Å²) in [5.41, 5.74) is 1.84. The summed E-state index contributed by atoms with van der Waals surface area (Å²) in [7, 11) is 3.08. The summed E-state index contributed by atoms with van der Waals surface area (Å²) >= 11 is 7.55. The van der Waals surface area contributed by atoms with E-state index in [-0.39, 0.29) is 24.3 Å². The number of esters is 1. The molecule has 0 unspecified atom stereocenters. The normalized spacial score (nSPS) is 15.6. The number of benzene rings is 2. The molecule has 2 heterocycles. The molecule has 2 aromatic carbocycles. The van der Waals surface area contributed by atoms with Crippen LogP contribution in [0.5, 0.6) is 5.75 Å². The zero-order valence-electron chi connectivity index (χ0n) is 18.9. The first-order valence-corrected chi connectivity index (χ1v) is 11.7. The van der Waals surface area contributed by atoms with E-state index in [0.717, 1.165) is 5.56 Å². The SMILES string of the molecule is COCCOC(=O)C1=C(C)N=c2s/c(=C\c3ccccc3Cl)c(=O)n2[C@@H]1c1ccccc1OC. The van der Waals surface area contributed by atoms with Gasteiger partial charge in [-0.25, -0.2) is 9.79 Å². The van der Waals surface area contributed by atoms with Crippen LogP contribution >= 0.6 is 22.9 Å². The topological polar surface area (TPSA) is 79.1 Å². The van der Waals surface area contributed by atoms with Crippen molar-refractivity contribution in [2.24, 2.45) is 4.99 Å². The number of rotatable bonds is 7. The highest BCUT2D eigenvalue weighted by Gasteiger charge is 2.35. The van der Waals surface area contributed by atoms with Gasteiger partial charge >= 0.3 is 5.97 Å².